The van der Waals surface area contributed by atoms with Crippen LogP contribution in [0.1, 0.15) is 0 Å². The van der Waals surface area contributed by atoms with E-state index in [1.165, 1.54) is 71.3 Å². The molecule has 0 radical (unpaired) electrons. The number of para-hydroxylation sites is 5. The first-order chi connectivity index (χ1) is 29.2. The highest BCUT2D eigenvalue weighted by atomic mass is 16.3. The molecule has 0 atom stereocenters. The second kappa shape index (κ2) is 12.3. The van der Waals surface area contributed by atoms with Crippen LogP contribution in [0.4, 0.5) is 17.1 Å². The smallest absolute Gasteiger partial charge is 0.159 e. The summed E-state index contributed by atoms with van der Waals surface area (Å²) in [5.74, 6) is 0. The van der Waals surface area contributed by atoms with Gasteiger partial charge in [-0.2, -0.15) is 0 Å². The summed E-state index contributed by atoms with van der Waals surface area (Å²) in [5.41, 5.74) is 16.0. The van der Waals surface area contributed by atoms with Gasteiger partial charge in [-0.05, 0) is 128 Å². The first-order valence-electron chi connectivity index (χ1n) is 20.2. The second-order valence-electron chi connectivity index (χ2n) is 15.7. The van der Waals surface area contributed by atoms with Crippen LogP contribution in [0, 0.1) is 0 Å². The van der Waals surface area contributed by atoms with Gasteiger partial charge in [-0.3, -0.25) is 0 Å². The molecule has 1 aliphatic carbocycles. The van der Waals surface area contributed by atoms with Crippen molar-refractivity contribution in [2.75, 3.05) is 4.90 Å². The fraction of sp³-hybridized carbons (Fsp3) is 0. The minimum absolute atomic E-state index is 0.870. The summed E-state index contributed by atoms with van der Waals surface area (Å²) in [4.78, 5) is 2.34. The number of fused-ring (bicyclic) bond motifs is 12. The van der Waals surface area contributed by atoms with Crippen molar-refractivity contribution in [1.29, 1.82) is 0 Å². The molecule has 12 aromatic rings. The largest absolute Gasteiger partial charge is 0.453 e. The first-order valence-corrected chi connectivity index (χ1v) is 20.2. The third-order valence-electron chi connectivity index (χ3n) is 12.4. The lowest BCUT2D eigenvalue weighted by Crippen LogP contribution is -2.10. The van der Waals surface area contributed by atoms with Crippen LogP contribution in [0.25, 0.3) is 104 Å². The van der Waals surface area contributed by atoms with Gasteiger partial charge in [0.2, 0.25) is 0 Å². The van der Waals surface area contributed by atoms with Crippen molar-refractivity contribution in [3.63, 3.8) is 0 Å². The number of hydrogen-bond donors (Lipinski definition) is 0. The van der Waals surface area contributed by atoms with Crippen molar-refractivity contribution in [3.8, 4) is 39.1 Å². The van der Waals surface area contributed by atoms with E-state index >= 15 is 0 Å². The quantitative estimate of drug-likeness (QED) is 0.175. The highest BCUT2D eigenvalue weighted by Gasteiger charge is 2.26. The van der Waals surface area contributed by atoms with Gasteiger partial charge in [-0.15, -0.1) is 0 Å². The summed E-state index contributed by atoms with van der Waals surface area (Å²) in [6, 6.07) is 74.8. The lowest BCUT2D eigenvalue weighted by atomic mass is 9.78. The Labute approximate surface area is 340 Å². The van der Waals surface area contributed by atoms with Crippen molar-refractivity contribution in [3.05, 3.63) is 206 Å². The second-order valence-corrected chi connectivity index (χ2v) is 15.7. The Morgan fingerprint density at radius 1 is 0.339 bits per heavy atom. The van der Waals surface area contributed by atoms with Gasteiger partial charge in [0.25, 0.3) is 0 Å². The van der Waals surface area contributed by atoms with Crippen molar-refractivity contribution >= 4 is 82.4 Å². The number of hydrogen-bond acceptors (Lipinski definition) is 2. The molecular formula is C56H34N2O. The summed E-state index contributed by atoms with van der Waals surface area (Å²) < 4.78 is 9.32. The van der Waals surface area contributed by atoms with Crippen LogP contribution >= 0.6 is 0 Å². The Bertz CT molecular complexity index is 3620. The average molecular weight is 751 g/mol. The Balaban J connectivity index is 0.924. The summed E-state index contributed by atoms with van der Waals surface area (Å²) in [5, 5.41) is 9.70. The Morgan fingerprint density at radius 2 is 0.881 bits per heavy atom. The molecule has 0 aliphatic heterocycles. The maximum atomic E-state index is 6.92. The van der Waals surface area contributed by atoms with Crippen LogP contribution in [-0.4, -0.2) is 4.57 Å². The molecule has 10 aromatic carbocycles. The van der Waals surface area contributed by atoms with E-state index < -0.39 is 0 Å². The molecular weight excluding hydrogens is 717 g/mol. The molecule has 3 nitrogen and oxygen atoms in total. The lowest BCUT2D eigenvalue weighted by molar-refractivity contribution is 0.670. The summed E-state index contributed by atoms with van der Waals surface area (Å²) >= 11 is 0. The number of aromatic nitrogens is 1. The van der Waals surface area contributed by atoms with Gasteiger partial charge in [0.1, 0.15) is 5.58 Å². The SMILES string of the molecule is c1ccc(-c2cccc3c2oc2c(N(c4ccccc4)c4ccc5cc6c(cc5c4)-c4cc5ccc(-n7c8ccccc8c8ccccc87)cc5cc4-6)cccc23)cc1. The standard InChI is InChI=1S/C56H34N2O/c1-3-13-35(14-4-1)43-19-11-20-46-47-21-12-24-54(56(47)59-55(43)46)57(40-15-5-2-6-16-40)41-27-25-36-31-48-50(33-38(36)29-41)49-32-37-26-28-42(30-39(37)34-51(48)49)58-52-22-9-7-17-44(52)45-18-8-10-23-53(45)58/h1-34H. The number of benzene rings is 10. The van der Waals surface area contributed by atoms with Crippen LogP contribution in [0.15, 0.2) is 211 Å². The molecule has 0 N–H and O–H groups in total. The molecule has 0 fully saturated rings. The Hall–Kier alpha value is -7.88. The lowest BCUT2D eigenvalue weighted by Gasteiger charge is -2.28. The molecule has 2 aromatic heterocycles. The van der Waals surface area contributed by atoms with E-state index in [2.05, 4.69) is 216 Å². The van der Waals surface area contributed by atoms with E-state index in [0.717, 1.165) is 50.1 Å². The van der Waals surface area contributed by atoms with Crippen molar-refractivity contribution in [2.45, 2.75) is 0 Å². The topological polar surface area (TPSA) is 21.3 Å². The minimum atomic E-state index is 0.870. The fourth-order valence-corrected chi connectivity index (χ4v) is 9.71. The third kappa shape index (κ3) is 4.76. The highest BCUT2D eigenvalue weighted by molar-refractivity contribution is 6.15. The van der Waals surface area contributed by atoms with E-state index in [0.29, 0.717) is 0 Å². The van der Waals surface area contributed by atoms with Crippen molar-refractivity contribution < 1.29 is 4.42 Å². The van der Waals surface area contributed by atoms with Crippen molar-refractivity contribution in [2.24, 2.45) is 0 Å². The first kappa shape index (κ1) is 32.2. The normalized spacial score (nSPS) is 12.1. The average Bonchev–Trinajstić information content (AvgIpc) is 3.85. The molecule has 0 saturated carbocycles. The van der Waals surface area contributed by atoms with E-state index in [1.54, 1.807) is 0 Å². The van der Waals surface area contributed by atoms with E-state index in [9.17, 15) is 0 Å². The molecule has 1 aliphatic rings. The maximum Gasteiger partial charge on any atom is 0.159 e. The molecule has 0 amide bonds. The van der Waals surface area contributed by atoms with E-state index in [-0.39, 0.29) is 0 Å². The van der Waals surface area contributed by atoms with E-state index in [1.807, 2.05) is 0 Å². The van der Waals surface area contributed by atoms with Crippen LogP contribution in [0.2, 0.25) is 0 Å². The zero-order valence-electron chi connectivity index (χ0n) is 31.9. The molecule has 13 rings (SSSR count). The van der Waals surface area contributed by atoms with Gasteiger partial charge in [-0.1, -0.05) is 127 Å². The highest BCUT2D eigenvalue weighted by Crippen LogP contribution is 2.51. The zero-order chi connectivity index (χ0) is 38.6. The number of rotatable bonds is 5. The van der Waals surface area contributed by atoms with Crippen LogP contribution in [0.3, 0.4) is 0 Å². The third-order valence-corrected chi connectivity index (χ3v) is 12.4. The van der Waals surface area contributed by atoms with Gasteiger partial charge in [0, 0.05) is 44.2 Å². The number of nitrogens with zero attached hydrogens (tertiary/aromatic N) is 2. The predicted molar refractivity (Wildman–Crippen MR) is 248 cm³/mol. The zero-order valence-corrected chi connectivity index (χ0v) is 31.9. The van der Waals surface area contributed by atoms with Gasteiger partial charge in [0.15, 0.2) is 5.58 Å². The molecule has 3 heteroatoms. The van der Waals surface area contributed by atoms with Gasteiger partial charge in [0.05, 0.1) is 16.7 Å². The van der Waals surface area contributed by atoms with Gasteiger partial charge >= 0.3 is 0 Å². The van der Waals surface area contributed by atoms with Crippen LogP contribution < -0.4 is 4.90 Å². The minimum Gasteiger partial charge on any atom is -0.453 e. The monoisotopic (exact) mass is 750 g/mol. The van der Waals surface area contributed by atoms with Crippen LogP contribution in [-0.2, 0) is 0 Å². The summed E-state index contributed by atoms with van der Waals surface area (Å²) in [7, 11) is 0. The van der Waals surface area contributed by atoms with Gasteiger partial charge < -0.3 is 13.9 Å². The molecule has 0 saturated heterocycles. The summed E-state index contributed by atoms with van der Waals surface area (Å²) in [6.07, 6.45) is 0. The van der Waals surface area contributed by atoms with Crippen LogP contribution in [0.5, 0.6) is 0 Å². The molecule has 2 heterocycles. The predicted octanol–water partition coefficient (Wildman–Crippen LogP) is 15.8. The number of furan rings is 1. The van der Waals surface area contributed by atoms with Crippen molar-refractivity contribution in [1.82, 2.24) is 4.57 Å². The van der Waals surface area contributed by atoms with Gasteiger partial charge in [-0.25, -0.2) is 0 Å². The molecule has 0 unspecified atom stereocenters. The Kier molecular flexibility index (Phi) is 6.72. The Morgan fingerprint density at radius 3 is 1.58 bits per heavy atom. The molecule has 59 heavy (non-hydrogen) atoms. The molecule has 0 bridgehead atoms. The fourth-order valence-electron chi connectivity index (χ4n) is 9.71. The van der Waals surface area contributed by atoms with E-state index in [4.69, 9.17) is 4.42 Å². The summed E-state index contributed by atoms with van der Waals surface area (Å²) in [6.45, 7) is 0. The maximum absolute atomic E-state index is 6.92. The molecule has 274 valence electrons. The molecule has 0 spiro atoms. The number of anilines is 3.